The number of halogens is 1. The van der Waals surface area contributed by atoms with Crippen LogP contribution >= 0.6 is 11.3 Å². The van der Waals surface area contributed by atoms with Crippen LogP contribution in [0.2, 0.25) is 0 Å². The second-order valence-electron chi connectivity index (χ2n) is 6.87. The number of hydrogen-bond donors (Lipinski definition) is 1. The normalized spacial score (nSPS) is 16.6. The van der Waals surface area contributed by atoms with Gasteiger partial charge in [-0.1, -0.05) is 12.1 Å². The van der Waals surface area contributed by atoms with Crippen molar-refractivity contribution in [2.75, 3.05) is 31.6 Å². The van der Waals surface area contributed by atoms with Crippen LogP contribution in [-0.2, 0) is 4.74 Å². The molecule has 7 heteroatoms. The van der Waals surface area contributed by atoms with Gasteiger partial charge in [0.15, 0.2) is 0 Å². The van der Waals surface area contributed by atoms with E-state index in [4.69, 9.17) is 4.74 Å². The highest BCUT2D eigenvalue weighted by molar-refractivity contribution is 7.21. The van der Waals surface area contributed by atoms with Gasteiger partial charge in [-0.2, -0.15) is 0 Å². The van der Waals surface area contributed by atoms with Crippen LogP contribution in [0.4, 0.5) is 14.9 Å². The van der Waals surface area contributed by atoms with Crippen molar-refractivity contribution in [3.63, 3.8) is 0 Å². The zero-order valence-electron chi connectivity index (χ0n) is 15.7. The molecule has 0 spiro atoms. The first kappa shape index (κ1) is 18.8. The van der Waals surface area contributed by atoms with E-state index in [1.807, 2.05) is 31.2 Å². The number of likely N-dealkylation sites (tertiary alicyclic amines) is 1. The molecule has 1 atom stereocenters. The third-order valence-corrected chi connectivity index (χ3v) is 5.95. The number of hydrogen-bond acceptors (Lipinski definition) is 4. The smallest absolute Gasteiger partial charge is 0.321 e. The Hall–Kier alpha value is -2.51. The van der Waals surface area contributed by atoms with Crippen molar-refractivity contribution in [1.29, 1.82) is 0 Å². The van der Waals surface area contributed by atoms with Crippen molar-refractivity contribution in [2.45, 2.75) is 13.3 Å². The molecule has 0 bridgehead atoms. The van der Waals surface area contributed by atoms with Gasteiger partial charge in [-0.3, -0.25) is 0 Å². The minimum Gasteiger partial charge on any atom is -0.381 e. The Balaban J connectivity index is 1.54. The van der Waals surface area contributed by atoms with Gasteiger partial charge in [0, 0.05) is 31.2 Å². The number of ether oxygens (including phenoxy) is 1. The molecule has 1 unspecified atom stereocenters. The Morgan fingerprint density at radius 2 is 2.21 bits per heavy atom. The van der Waals surface area contributed by atoms with E-state index in [2.05, 4.69) is 10.3 Å². The molecule has 28 heavy (non-hydrogen) atoms. The molecular formula is C21H22FN3O2S. The summed E-state index contributed by atoms with van der Waals surface area (Å²) in [5.74, 6) is 0.00727. The van der Waals surface area contributed by atoms with Crippen LogP contribution in [0.1, 0.15) is 13.3 Å². The standard InChI is InChI=1S/C21H22FN3O2S/c1-2-27-13-14-9-10-25(12-14)21(26)24-17-8-7-15(22)11-16(17)20-23-18-5-3-4-6-19(18)28-20/h3-8,11,14H,2,9-10,12-13H2,1H3,(H,24,26). The largest absolute Gasteiger partial charge is 0.381 e. The number of anilines is 1. The van der Waals surface area contributed by atoms with E-state index in [0.29, 0.717) is 48.5 Å². The number of benzene rings is 2. The van der Waals surface area contributed by atoms with Crippen molar-refractivity contribution in [3.8, 4) is 10.6 Å². The number of rotatable bonds is 5. The summed E-state index contributed by atoms with van der Waals surface area (Å²) >= 11 is 1.48. The minimum absolute atomic E-state index is 0.173. The molecule has 0 saturated carbocycles. The van der Waals surface area contributed by atoms with Crippen LogP contribution in [0.15, 0.2) is 42.5 Å². The van der Waals surface area contributed by atoms with Gasteiger partial charge >= 0.3 is 6.03 Å². The first-order chi connectivity index (χ1) is 13.6. The van der Waals surface area contributed by atoms with Crippen molar-refractivity contribution >= 4 is 33.3 Å². The van der Waals surface area contributed by atoms with Crippen LogP contribution in [0.25, 0.3) is 20.8 Å². The lowest BCUT2D eigenvalue weighted by Gasteiger charge is -2.18. The monoisotopic (exact) mass is 399 g/mol. The molecule has 1 saturated heterocycles. The Kier molecular flexibility index (Phi) is 5.54. The highest BCUT2D eigenvalue weighted by Gasteiger charge is 2.27. The fourth-order valence-corrected chi connectivity index (χ4v) is 4.42. The maximum absolute atomic E-state index is 13.9. The Bertz CT molecular complexity index is 958. The van der Waals surface area contributed by atoms with E-state index in [9.17, 15) is 9.18 Å². The third kappa shape index (κ3) is 4.00. The van der Waals surface area contributed by atoms with E-state index in [-0.39, 0.29) is 11.8 Å². The zero-order chi connectivity index (χ0) is 19.5. The van der Waals surface area contributed by atoms with Crippen LogP contribution in [0, 0.1) is 11.7 Å². The van der Waals surface area contributed by atoms with Gasteiger partial charge in [-0.25, -0.2) is 14.2 Å². The average molecular weight is 399 g/mol. The Morgan fingerprint density at radius 3 is 3.04 bits per heavy atom. The van der Waals surface area contributed by atoms with Crippen molar-refractivity contribution in [2.24, 2.45) is 5.92 Å². The second kappa shape index (κ2) is 8.24. The first-order valence-electron chi connectivity index (χ1n) is 9.43. The lowest BCUT2D eigenvalue weighted by molar-refractivity contribution is 0.113. The first-order valence-corrected chi connectivity index (χ1v) is 10.2. The quantitative estimate of drug-likeness (QED) is 0.657. The van der Waals surface area contributed by atoms with Crippen LogP contribution in [-0.4, -0.2) is 42.2 Å². The van der Waals surface area contributed by atoms with Gasteiger partial charge in [0.05, 0.1) is 22.5 Å². The fourth-order valence-electron chi connectivity index (χ4n) is 3.42. The molecule has 2 heterocycles. The summed E-state index contributed by atoms with van der Waals surface area (Å²) < 4.78 is 20.4. The van der Waals surface area contributed by atoms with E-state index < -0.39 is 0 Å². The van der Waals surface area contributed by atoms with Gasteiger partial charge in [0.2, 0.25) is 0 Å². The van der Waals surface area contributed by atoms with Gasteiger partial charge < -0.3 is 15.0 Å². The fraction of sp³-hybridized carbons (Fsp3) is 0.333. The molecule has 0 aliphatic carbocycles. The molecule has 4 rings (SSSR count). The maximum Gasteiger partial charge on any atom is 0.321 e. The summed E-state index contributed by atoms with van der Waals surface area (Å²) in [7, 11) is 0. The lowest BCUT2D eigenvalue weighted by Crippen LogP contribution is -2.33. The van der Waals surface area contributed by atoms with Gasteiger partial charge in [-0.15, -0.1) is 11.3 Å². The number of carbonyl (C=O) groups excluding carboxylic acids is 1. The number of thiazole rings is 1. The highest BCUT2D eigenvalue weighted by atomic mass is 32.1. The summed E-state index contributed by atoms with van der Waals surface area (Å²) in [6, 6.07) is 12.0. The average Bonchev–Trinajstić information content (AvgIpc) is 3.34. The SMILES string of the molecule is CCOCC1CCN(C(=O)Nc2ccc(F)cc2-c2nc3ccccc3s2)C1. The van der Waals surface area contributed by atoms with Crippen LogP contribution in [0.3, 0.4) is 0 Å². The predicted molar refractivity (Wildman–Crippen MR) is 110 cm³/mol. The molecular weight excluding hydrogens is 377 g/mol. The number of urea groups is 1. The molecule has 1 N–H and O–H groups in total. The molecule has 1 aromatic heterocycles. The van der Waals surface area contributed by atoms with Gasteiger partial charge in [-0.05, 0) is 43.7 Å². The van der Waals surface area contributed by atoms with Crippen LogP contribution < -0.4 is 5.32 Å². The third-order valence-electron chi connectivity index (χ3n) is 4.88. The van der Waals surface area contributed by atoms with E-state index in [1.54, 1.807) is 11.0 Å². The number of fused-ring (bicyclic) bond motifs is 1. The molecule has 5 nitrogen and oxygen atoms in total. The molecule has 2 aromatic carbocycles. The molecule has 1 aliphatic rings. The van der Waals surface area contributed by atoms with Crippen molar-refractivity contribution < 1.29 is 13.9 Å². The summed E-state index contributed by atoms with van der Waals surface area (Å²) in [5.41, 5.74) is 2.03. The van der Waals surface area contributed by atoms with E-state index in [0.717, 1.165) is 16.6 Å². The molecule has 2 amide bonds. The van der Waals surface area contributed by atoms with Gasteiger partial charge in [0.1, 0.15) is 10.8 Å². The molecule has 3 aromatic rings. The lowest BCUT2D eigenvalue weighted by atomic mass is 10.1. The summed E-state index contributed by atoms with van der Waals surface area (Å²) in [6.45, 7) is 4.69. The van der Waals surface area contributed by atoms with E-state index in [1.165, 1.54) is 23.5 Å². The topological polar surface area (TPSA) is 54.5 Å². The summed E-state index contributed by atoms with van der Waals surface area (Å²) in [5, 5.41) is 3.63. The summed E-state index contributed by atoms with van der Waals surface area (Å²) in [4.78, 5) is 19.1. The number of amides is 2. The zero-order valence-corrected chi connectivity index (χ0v) is 16.5. The number of aromatic nitrogens is 1. The molecule has 1 aliphatic heterocycles. The van der Waals surface area contributed by atoms with Crippen molar-refractivity contribution in [3.05, 3.63) is 48.3 Å². The molecule has 146 valence electrons. The van der Waals surface area contributed by atoms with E-state index >= 15 is 0 Å². The summed E-state index contributed by atoms with van der Waals surface area (Å²) in [6.07, 6.45) is 0.932. The number of carbonyl (C=O) groups is 1. The Labute approximate surface area is 167 Å². The minimum atomic E-state index is -0.356. The van der Waals surface area contributed by atoms with Crippen LogP contribution in [0.5, 0.6) is 0 Å². The highest BCUT2D eigenvalue weighted by Crippen LogP contribution is 2.35. The molecule has 1 fully saturated rings. The number of nitrogens with zero attached hydrogens (tertiary/aromatic N) is 2. The Morgan fingerprint density at radius 1 is 1.36 bits per heavy atom. The number of para-hydroxylation sites is 1. The molecule has 0 radical (unpaired) electrons. The van der Waals surface area contributed by atoms with Crippen molar-refractivity contribution in [1.82, 2.24) is 9.88 Å². The van der Waals surface area contributed by atoms with Gasteiger partial charge in [0.25, 0.3) is 0 Å². The predicted octanol–water partition coefficient (Wildman–Crippen LogP) is 4.99. The number of nitrogens with one attached hydrogen (secondary N) is 1. The maximum atomic E-state index is 13.9. The second-order valence-corrected chi connectivity index (χ2v) is 7.90.